The third kappa shape index (κ3) is 2.83. The van der Waals surface area contributed by atoms with Crippen molar-refractivity contribution in [3.8, 4) is 0 Å². The van der Waals surface area contributed by atoms with Crippen molar-refractivity contribution >= 4 is 17.3 Å². The molecular weight excluding hydrogens is 358 g/mol. The summed E-state index contributed by atoms with van der Waals surface area (Å²) in [6.45, 7) is 3.12. The molecule has 140 valence electrons. The topological polar surface area (TPSA) is 86.5 Å². The quantitative estimate of drug-likeness (QED) is 0.600. The van der Waals surface area contributed by atoms with Gasteiger partial charge in [0.05, 0.1) is 11.5 Å². The normalized spacial score (nSPS) is 18.2. The maximum absolute atomic E-state index is 13.2. The Balaban J connectivity index is 1.88. The molecule has 6 nitrogen and oxygen atoms in total. The van der Waals surface area contributed by atoms with Crippen LogP contribution in [-0.2, 0) is 4.74 Å². The minimum atomic E-state index is -0.834. The van der Waals surface area contributed by atoms with Crippen molar-refractivity contribution in [2.24, 2.45) is 5.92 Å². The number of fused-ring (bicyclic) bond motifs is 1. The Labute approximate surface area is 161 Å². The Morgan fingerprint density at radius 3 is 2.46 bits per heavy atom. The van der Waals surface area contributed by atoms with Crippen molar-refractivity contribution in [2.75, 3.05) is 6.54 Å². The highest BCUT2D eigenvalue weighted by molar-refractivity contribution is 6.27. The lowest BCUT2D eigenvalue weighted by Gasteiger charge is -2.29. The van der Waals surface area contributed by atoms with E-state index < -0.39 is 23.2 Å². The van der Waals surface area contributed by atoms with E-state index in [1.165, 1.54) is 0 Å². The van der Waals surface area contributed by atoms with E-state index in [0.29, 0.717) is 22.4 Å². The number of carbonyl (C=O) groups excluding carboxylic acids is 2. The van der Waals surface area contributed by atoms with Crippen LogP contribution in [0.5, 0.6) is 0 Å². The van der Waals surface area contributed by atoms with Crippen LogP contribution in [-0.4, -0.2) is 23.0 Å². The molecule has 1 heterocycles. The van der Waals surface area contributed by atoms with Crippen LogP contribution in [0.4, 0.5) is 0 Å². The van der Waals surface area contributed by atoms with Crippen LogP contribution < -0.4 is 0 Å². The summed E-state index contributed by atoms with van der Waals surface area (Å²) in [4.78, 5) is 37.2. The summed E-state index contributed by atoms with van der Waals surface area (Å²) in [5.41, 5.74) is 2.89. The largest absolute Gasteiger partial charge is 0.452 e. The van der Waals surface area contributed by atoms with Crippen LogP contribution in [0.2, 0.25) is 0 Å². The summed E-state index contributed by atoms with van der Waals surface area (Å²) in [6, 6.07) is 12.5. The number of nitro groups is 1. The smallest absolute Gasteiger partial charge is 0.229 e. The first kappa shape index (κ1) is 17.9. The van der Waals surface area contributed by atoms with Crippen LogP contribution in [0.3, 0.4) is 0 Å². The van der Waals surface area contributed by atoms with Gasteiger partial charge in [-0.05, 0) is 31.6 Å². The second kappa shape index (κ2) is 6.56. The fraction of sp³-hybridized carbons (Fsp3) is 0.182. The summed E-state index contributed by atoms with van der Waals surface area (Å²) >= 11 is 0. The first-order valence-electron chi connectivity index (χ1n) is 8.88. The molecule has 0 radical (unpaired) electrons. The SMILES string of the molecule is Cc1cc(C)c2c(c1)C(=O)C1=C(C2=O)[C@H](C[N+](=O)[O-])C=C(c2ccccc2)O1. The molecule has 0 N–H and O–H groups in total. The molecule has 6 heteroatoms. The van der Waals surface area contributed by atoms with Crippen LogP contribution >= 0.6 is 0 Å². The van der Waals surface area contributed by atoms with E-state index in [1.807, 2.05) is 31.2 Å². The first-order valence-corrected chi connectivity index (χ1v) is 8.88. The van der Waals surface area contributed by atoms with Crippen LogP contribution in [0.15, 0.2) is 59.9 Å². The number of allylic oxidation sites excluding steroid dienone is 1. The number of ether oxygens (including phenoxy) is 1. The van der Waals surface area contributed by atoms with Gasteiger partial charge in [-0.2, -0.15) is 0 Å². The zero-order chi connectivity index (χ0) is 20.0. The molecule has 1 atom stereocenters. The van der Waals surface area contributed by atoms with Gasteiger partial charge in [-0.15, -0.1) is 0 Å². The average Bonchev–Trinajstić information content (AvgIpc) is 2.65. The van der Waals surface area contributed by atoms with Crippen molar-refractivity contribution in [3.05, 3.63) is 97.8 Å². The third-order valence-electron chi connectivity index (χ3n) is 4.99. The number of hydrogen-bond acceptors (Lipinski definition) is 5. The summed E-state index contributed by atoms with van der Waals surface area (Å²) in [7, 11) is 0. The monoisotopic (exact) mass is 375 g/mol. The predicted octanol–water partition coefficient (Wildman–Crippen LogP) is 3.90. The van der Waals surface area contributed by atoms with Gasteiger partial charge in [0, 0.05) is 21.6 Å². The van der Waals surface area contributed by atoms with Crippen molar-refractivity contribution < 1.29 is 19.2 Å². The van der Waals surface area contributed by atoms with Crippen molar-refractivity contribution in [3.63, 3.8) is 0 Å². The molecule has 2 aromatic rings. The van der Waals surface area contributed by atoms with Gasteiger partial charge >= 0.3 is 0 Å². The molecular formula is C22H17NO5. The van der Waals surface area contributed by atoms with Gasteiger partial charge in [-0.3, -0.25) is 19.7 Å². The summed E-state index contributed by atoms with van der Waals surface area (Å²) < 4.78 is 5.86. The number of hydrogen-bond donors (Lipinski definition) is 0. The van der Waals surface area contributed by atoms with Crippen LogP contribution in [0.25, 0.3) is 5.76 Å². The number of Topliss-reactive ketones (excluding diaryl/α,β-unsaturated/α-hetero) is 2. The van der Waals surface area contributed by atoms with Gasteiger partial charge < -0.3 is 4.74 Å². The molecule has 0 bridgehead atoms. The number of benzene rings is 2. The van der Waals surface area contributed by atoms with Crippen molar-refractivity contribution in [1.82, 2.24) is 0 Å². The Kier molecular flexibility index (Phi) is 4.19. The molecule has 4 rings (SSSR count). The van der Waals surface area contributed by atoms with E-state index >= 15 is 0 Å². The van der Waals surface area contributed by atoms with Gasteiger partial charge in [0.25, 0.3) is 0 Å². The van der Waals surface area contributed by atoms with Gasteiger partial charge in [0.15, 0.2) is 11.5 Å². The Morgan fingerprint density at radius 2 is 1.79 bits per heavy atom. The maximum Gasteiger partial charge on any atom is 0.229 e. The van der Waals surface area contributed by atoms with Crippen molar-refractivity contribution in [2.45, 2.75) is 13.8 Å². The molecule has 2 aromatic carbocycles. The standard InChI is InChI=1S/C22H17NO5/c1-12-8-13(2)18-16(9-12)20(24)22-19(21(18)25)15(11-23(26)27)10-17(28-22)14-6-4-3-5-7-14/h3-10,15H,11H2,1-2H3/t15-/m0/s1. The first-order chi connectivity index (χ1) is 13.4. The lowest BCUT2D eigenvalue weighted by Crippen LogP contribution is -2.32. The summed E-state index contributed by atoms with van der Waals surface area (Å²) in [5, 5.41) is 11.2. The number of nitrogens with zero attached hydrogens (tertiary/aromatic N) is 1. The van der Waals surface area contributed by atoms with E-state index in [-0.39, 0.29) is 22.7 Å². The van der Waals surface area contributed by atoms with Gasteiger partial charge in [0.2, 0.25) is 12.3 Å². The third-order valence-corrected chi connectivity index (χ3v) is 4.99. The molecule has 2 aliphatic rings. The van der Waals surface area contributed by atoms with Gasteiger partial charge in [-0.25, -0.2) is 0 Å². The van der Waals surface area contributed by atoms with E-state index in [1.54, 1.807) is 31.2 Å². The fourth-order valence-corrected chi connectivity index (χ4v) is 3.84. The second-order valence-electron chi connectivity index (χ2n) is 7.03. The minimum absolute atomic E-state index is 0.0702. The zero-order valence-corrected chi connectivity index (χ0v) is 15.4. The molecule has 0 unspecified atom stereocenters. The number of carbonyl (C=O) groups is 2. The van der Waals surface area contributed by atoms with E-state index in [4.69, 9.17) is 4.74 Å². The average molecular weight is 375 g/mol. The predicted molar refractivity (Wildman–Crippen MR) is 102 cm³/mol. The molecule has 0 saturated carbocycles. The van der Waals surface area contributed by atoms with Crippen molar-refractivity contribution in [1.29, 1.82) is 0 Å². The van der Waals surface area contributed by atoms with Crippen LogP contribution in [0, 0.1) is 29.9 Å². The summed E-state index contributed by atoms with van der Waals surface area (Å²) in [6.07, 6.45) is 1.57. The lowest BCUT2D eigenvalue weighted by molar-refractivity contribution is -0.484. The van der Waals surface area contributed by atoms with E-state index in [2.05, 4.69) is 0 Å². The number of ketones is 2. The second-order valence-corrected chi connectivity index (χ2v) is 7.03. The molecule has 28 heavy (non-hydrogen) atoms. The van der Waals surface area contributed by atoms with E-state index in [9.17, 15) is 19.7 Å². The zero-order valence-electron chi connectivity index (χ0n) is 15.4. The number of rotatable bonds is 3. The lowest BCUT2D eigenvalue weighted by atomic mass is 9.78. The number of aryl methyl sites for hydroxylation is 2. The van der Waals surface area contributed by atoms with Crippen LogP contribution in [0.1, 0.15) is 37.4 Å². The Morgan fingerprint density at radius 1 is 1.07 bits per heavy atom. The molecule has 1 aliphatic carbocycles. The molecule has 0 saturated heterocycles. The Hall–Kier alpha value is -3.54. The highest BCUT2D eigenvalue weighted by Crippen LogP contribution is 2.40. The maximum atomic E-state index is 13.2. The van der Waals surface area contributed by atoms with Gasteiger partial charge in [0.1, 0.15) is 5.76 Å². The molecule has 0 fully saturated rings. The molecule has 0 aromatic heterocycles. The highest BCUT2D eigenvalue weighted by atomic mass is 16.6. The fourth-order valence-electron chi connectivity index (χ4n) is 3.84. The molecule has 1 aliphatic heterocycles. The molecule has 0 spiro atoms. The summed E-state index contributed by atoms with van der Waals surface area (Å²) in [5.74, 6) is -1.38. The Bertz CT molecular complexity index is 1100. The minimum Gasteiger partial charge on any atom is -0.452 e. The van der Waals surface area contributed by atoms with E-state index in [0.717, 1.165) is 5.56 Å². The van der Waals surface area contributed by atoms with Gasteiger partial charge in [-0.1, -0.05) is 42.0 Å². The highest BCUT2D eigenvalue weighted by Gasteiger charge is 2.42. The molecule has 0 amide bonds.